The number of carbonyl (C=O) groups excluding carboxylic acids is 2. The molecule has 0 saturated carbocycles. The van der Waals surface area contributed by atoms with E-state index in [1.807, 2.05) is 42.2 Å². The Morgan fingerprint density at radius 3 is 2.87 bits per heavy atom. The van der Waals surface area contributed by atoms with Crippen LogP contribution in [-0.4, -0.2) is 18.4 Å². The molecule has 0 bridgehead atoms. The Bertz CT molecular complexity index is 707. The van der Waals surface area contributed by atoms with E-state index in [0.717, 1.165) is 35.7 Å². The van der Waals surface area contributed by atoms with E-state index in [-0.39, 0.29) is 11.8 Å². The van der Waals surface area contributed by atoms with E-state index in [1.165, 1.54) is 0 Å². The van der Waals surface area contributed by atoms with Crippen LogP contribution in [0, 0.1) is 6.92 Å². The van der Waals surface area contributed by atoms with Crippen molar-refractivity contribution < 1.29 is 14.0 Å². The van der Waals surface area contributed by atoms with Gasteiger partial charge >= 0.3 is 0 Å². The summed E-state index contributed by atoms with van der Waals surface area (Å²) in [5.74, 6) is 0.924. The van der Waals surface area contributed by atoms with Crippen molar-refractivity contribution in [3.8, 4) is 0 Å². The van der Waals surface area contributed by atoms with E-state index in [1.54, 1.807) is 6.26 Å². The average Bonchev–Trinajstić information content (AvgIpc) is 3.17. The minimum Gasteiger partial charge on any atom is -0.469 e. The number of furan rings is 1. The Kier molecular flexibility index (Phi) is 4.46. The zero-order valence-electron chi connectivity index (χ0n) is 13.2. The highest BCUT2D eigenvalue weighted by molar-refractivity contribution is 5.97. The zero-order valence-corrected chi connectivity index (χ0v) is 13.2. The van der Waals surface area contributed by atoms with Crippen molar-refractivity contribution in [2.75, 3.05) is 16.8 Å². The second-order valence-electron chi connectivity index (χ2n) is 5.78. The number of rotatable bonds is 5. The van der Waals surface area contributed by atoms with Gasteiger partial charge in [0.15, 0.2) is 0 Å². The Morgan fingerprint density at radius 1 is 1.35 bits per heavy atom. The fraction of sp³-hybridized carbons (Fsp3) is 0.333. The van der Waals surface area contributed by atoms with E-state index in [4.69, 9.17) is 4.42 Å². The van der Waals surface area contributed by atoms with E-state index in [9.17, 15) is 9.59 Å². The van der Waals surface area contributed by atoms with Crippen molar-refractivity contribution in [1.29, 1.82) is 0 Å². The number of aryl methyl sites for hydroxylation is 2. The lowest BCUT2D eigenvalue weighted by atomic mass is 10.1. The highest BCUT2D eigenvalue weighted by atomic mass is 16.3. The number of anilines is 2. The molecule has 1 fully saturated rings. The Labute approximate surface area is 135 Å². The molecule has 1 aromatic carbocycles. The second-order valence-corrected chi connectivity index (χ2v) is 5.78. The number of amides is 2. The van der Waals surface area contributed by atoms with Gasteiger partial charge in [-0.15, -0.1) is 0 Å². The molecule has 0 aliphatic carbocycles. The maximum atomic E-state index is 12.0. The standard InChI is InChI=1S/C18H20N2O3/c1-13-12-14(6-8-16(13)20-10-2-5-18(20)22)19-17(21)9-7-15-4-3-11-23-15/h3-4,6,8,11-12H,2,5,7,9-10H2,1H3,(H,19,21). The first kappa shape index (κ1) is 15.3. The molecule has 1 saturated heterocycles. The molecule has 23 heavy (non-hydrogen) atoms. The molecule has 3 rings (SSSR count). The largest absolute Gasteiger partial charge is 0.469 e. The molecule has 0 unspecified atom stereocenters. The number of nitrogens with one attached hydrogen (secondary N) is 1. The quantitative estimate of drug-likeness (QED) is 0.921. The van der Waals surface area contributed by atoms with Crippen LogP contribution in [0.25, 0.3) is 0 Å². The van der Waals surface area contributed by atoms with Gasteiger partial charge in [0.2, 0.25) is 11.8 Å². The third-order valence-electron chi connectivity index (χ3n) is 4.02. The Morgan fingerprint density at radius 2 is 2.22 bits per heavy atom. The van der Waals surface area contributed by atoms with Gasteiger partial charge in [-0.05, 0) is 49.2 Å². The Balaban J connectivity index is 1.61. The van der Waals surface area contributed by atoms with Crippen LogP contribution in [0.1, 0.15) is 30.6 Å². The van der Waals surface area contributed by atoms with Crippen LogP contribution in [0.4, 0.5) is 11.4 Å². The fourth-order valence-corrected chi connectivity index (χ4v) is 2.85. The van der Waals surface area contributed by atoms with Crippen LogP contribution in [0.5, 0.6) is 0 Å². The third kappa shape index (κ3) is 3.62. The smallest absolute Gasteiger partial charge is 0.227 e. The maximum Gasteiger partial charge on any atom is 0.227 e. The van der Waals surface area contributed by atoms with Gasteiger partial charge in [-0.1, -0.05) is 0 Å². The molecule has 0 radical (unpaired) electrons. The molecule has 5 nitrogen and oxygen atoms in total. The topological polar surface area (TPSA) is 62.6 Å². The summed E-state index contributed by atoms with van der Waals surface area (Å²) < 4.78 is 5.22. The first-order valence-electron chi connectivity index (χ1n) is 7.87. The van der Waals surface area contributed by atoms with Crippen molar-refractivity contribution in [3.05, 3.63) is 47.9 Å². The summed E-state index contributed by atoms with van der Waals surface area (Å²) in [7, 11) is 0. The van der Waals surface area contributed by atoms with E-state index in [0.29, 0.717) is 19.3 Å². The monoisotopic (exact) mass is 312 g/mol. The lowest BCUT2D eigenvalue weighted by molar-refractivity contribution is -0.117. The fourth-order valence-electron chi connectivity index (χ4n) is 2.85. The van der Waals surface area contributed by atoms with Gasteiger partial charge in [-0.2, -0.15) is 0 Å². The second kappa shape index (κ2) is 6.69. The number of nitrogens with zero attached hydrogens (tertiary/aromatic N) is 1. The summed E-state index contributed by atoms with van der Waals surface area (Å²) in [6, 6.07) is 9.33. The minimum absolute atomic E-state index is 0.0502. The van der Waals surface area contributed by atoms with Crippen LogP contribution < -0.4 is 10.2 Å². The van der Waals surface area contributed by atoms with Crippen LogP contribution in [0.2, 0.25) is 0 Å². The minimum atomic E-state index is -0.0502. The third-order valence-corrected chi connectivity index (χ3v) is 4.02. The van der Waals surface area contributed by atoms with E-state index >= 15 is 0 Å². The van der Waals surface area contributed by atoms with Crippen molar-refractivity contribution in [3.63, 3.8) is 0 Å². The lowest BCUT2D eigenvalue weighted by Gasteiger charge is -2.19. The maximum absolute atomic E-state index is 12.0. The van der Waals surface area contributed by atoms with Crippen LogP contribution in [-0.2, 0) is 16.0 Å². The molecule has 1 aliphatic rings. The van der Waals surface area contributed by atoms with Crippen molar-refractivity contribution >= 4 is 23.2 Å². The summed E-state index contributed by atoms with van der Waals surface area (Å²) in [6.45, 7) is 2.73. The van der Waals surface area contributed by atoms with Gasteiger partial charge in [0.25, 0.3) is 0 Å². The lowest BCUT2D eigenvalue weighted by Crippen LogP contribution is -2.24. The van der Waals surface area contributed by atoms with Crippen molar-refractivity contribution in [1.82, 2.24) is 0 Å². The predicted octanol–water partition coefficient (Wildman–Crippen LogP) is 3.29. The van der Waals surface area contributed by atoms with Gasteiger partial charge in [0, 0.05) is 37.2 Å². The number of hydrogen-bond donors (Lipinski definition) is 1. The summed E-state index contributed by atoms with van der Waals surface area (Å²) in [4.78, 5) is 25.6. The average molecular weight is 312 g/mol. The first-order valence-corrected chi connectivity index (χ1v) is 7.87. The van der Waals surface area contributed by atoms with Gasteiger partial charge in [0.05, 0.1) is 6.26 Å². The van der Waals surface area contributed by atoms with Gasteiger partial charge in [-0.3, -0.25) is 9.59 Å². The van der Waals surface area contributed by atoms with E-state index < -0.39 is 0 Å². The van der Waals surface area contributed by atoms with Gasteiger partial charge in [-0.25, -0.2) is 0 Å². The van der Waals surface area contributed by atoms with Crippen LogP contribution in [0.15, 0.2) is 41.0 Å². The molecule has 2 aromatic rings. The summed E-state index contributed by atoms with van der Waals surface area (Å²) in [5.41, 5.74) is 2.67. The summed E-state index contributed by atoms with van der Waals surface area (Å²) in [5, 5.41) is 2.89. The SMILES string of the molecule is Cc1cc(NC(=O)CCc2ccco2)ccc1N1CCCC1=O. The van der Waals surface area contributed by atoms with Crippen LogP contribution in [0.3, 0.4) is 0 Å². The molecule has 2 amide bonds. The molecule has 2 heterocycles. The van der Waals surface area contributed by atoms with Gasteiger partial charge in [0.1, 0.15) is 5.76 Å². The normalized spacial score (nSPS) is 14.3. The number of benzene rings is 1. The predicted molar refractivity (Wildman–Crippen MR) is 88.4 cm³/mol. The first-order chi connectivity index (χ1) is 11.1. The number of carbonyl (C=O) groups is 2. The molecular formula is C18H20N2O3. The molecule has 0 atom stereocenters. The van der Waals surface area contributed by atoms with E-state index in [2.05, 4.69) is 5.32 Å². The molecule has 5 heteroatoms. The zero-order chi connectivity index (χ0) is 16.2. The van der Waals surface area contributed by atoms with Gasteiger partial charge < -0.3 is 14.6 Å². The highest BCUT2D eigenvalue weighted by Crippen LogP contribution is 2.27. The molecule has 120 valence electrons. The molecular weight excluding hydrogens is 292 g/mol. The molecule has 1 aromatic heterocycles. The Hall–Kier alpha value is -2.56. The van der Waals surface area contributed by atoms with Crippen molar-refractivity contribution in [2.45, 2.75) is 32.6 Å². The number of hydrogen-bond acceptors (Lipinski definition) is 3. The highest BCUT2D eigenvalue weighted by Gasteiger charge is 2.22. The molecule has 1 N–H and O–H groups in total. The summed E-state index contributed by atoms with van der Waals surface area (Å²) in [6.07, 6.45) is 4.08. The van der Waals surface area contributed by atoms with Crippen molar-refractivity contribution in [2.24, 2.45) is 0 Å². The van der Waals surface area contributed by atoms with Crippen LogP contribution >= 0.6 is 0 Å². The molecule has 1 aliphatic heterocycles. The molecule has 0 spiro atoms. The summed E-state index contributed by atoms with van der Waals surface area (Å²) >= 11 is 0.